The Bertz CT molecular complexity index is 908. The van der Waals surface area contributed by atoms with Crippen LogP contribution in [0.4, 0.5) is 0 Å². The van der Waals surface area contributed by atoms with Crippen LogP contribution in [-0.2, 0) is 0 Å². The summed E-state index contributed by atoms with van der Waals surface area (Å²) in [7, 11) is 0. The summed E-state index contributed by atoms with van der Waals surface area (Å²) in [5.74, 6) is 0. The van der Waals surface area contributed by atoms with E-state index in [1.54, 1.807) is 0 Å². The van der Waals surface area contributed by atoms with Crippen molar-refractivity contribution in [2.75, 3.05) is 0 Å². The van der Waals surface area contributed by atoms with E-state index in [1.807, 2.05) is 43.5 Å². The van der Waals surface area contributed by atoms with Gasteiger partial charge in [0.15, 0.2) is 0 Å². The van der Waals surface area contributed by atoms with E-state index >= 15 is 0 Å². The Balaban J connectivity index is 1.69. The Labute approximate surface area is 129 Å². The zero-order valence-corrected chi connectivity index (χ0v) is 12.3. The molecule has 1 aliphatic rings. The largest absolute Gasteiger partial charge is 0.258 e. The first-order chi connectivity index (χ1) is 10.8. The van der Waals surface area contributed by atoms with E-state index in [0.717, 1.165) is 34.6 Å². The summed E-state index contributed by atoms with van der Waals surface area (Å²) in [6, 6.07) is 18.3. The molecule has 0 unspecified atom stereocenters. The third-order valence-corrected chi connectivity index (χ3v) is 3.90. The number of hydrogen-bond acceptors (Lipinski definition) is 3. The molecule has 0 bridgehead atoms. The highest BCUT2D eigenvalue weighted by molar-refractivity contribution is 6.09. The lowest BCUT2D eigenvalue weighted by atomic mass is 10.0. The second-order valence-corrected chi connectivity index (χ2v) is 5.42. The average molecular weight is 285 g/mol. The number of fused-ring (bicyclic) bond motifs is 1. The molecule has 0 aliphatic carbocycles. The Hall–Kier alpha value is -2.81. The zero-order chi connectivity index (χ0) is 14.9. The normalized spacial score (nSPS) is 14.0. The molecule has 1 aromatic heterocycles. The number of nitrogens with zero attached hydrogens (tertiary/aromatic N) is 3. The number of aromatic nitrogens is 2. The smallest absolute Gasteiger partial charge is 0.107 e. The molecule has 0 saturated carbocycles. The molecule has 2 heterocycles. The van der Waals surface area contributed by atoms with Gasteiger partial charge in [-0.15, -0.1) is 0 Å². The maximum absolute atomic E-state index is 4.76. The molecule has 0 radical (unpaired) electrons. The fraction of sp³-hybridized carbons (Fsp3) is 0.105. The van der Waals surface area contributed by atoms with Crippen LogP contribution in [0.5, 0.6) is 0 Å². The van der Waals surface area contributed by atoms with Crippen molar-refractivity contribution in [3.05, 3.63) is 77.7 Å². The van der Waals surface area contributed by atoms with Gasteiger partial charge in [0.2, 0.25) is 0 Å². The first kappa shape index (κ1) is 12.9. The van der Waals surface area contributed by atoms with Gasteiger partial charge in [-0.1, -0.05) is 42.5 Å². The second kappa shape index (κ2) is 5.19. The molecule has 3 aromatic rings. The van der Waals surface area contributed by atoms with E-state index in [0.29, 0.717) is 0 Å². The molecule has 3 heteroatoms. The minimum absolute atomic E-state index is 0.803. The predicted octanol–water partition coefficient (Wildman–Crippen LogP) is 4.17. The average Bonchev–Trinajstić information content (AvgIpc) is 3.05. The van der Waals surface area contributed by atoms with Crippen molar-refractivity contribution in [2.45, 2.75) is 13.3 Å². The van der Waals surface area contributed by atoms with Crippen LogP contribution in [0.1, 0.15) is 23.4 Å². The van der Waals surface area contributed by atoms with Crippen molar-refractivity contribution < 1.29 is 0 Å². The highest BCUT2D eigenvalue weighted by Gasteiger charge is 2.17. The molecule has 0 saturated heterocycles. The molecule has 106 valence electrons. The molecule has 3 nitrogen and oxygen atoms in total. The van der Waals surface area contributed by atoms with Crippen LogP contribution in [0.15, 0.2) is 65.8 Å². The van der Waals surface area contributed by atoms with Gasteiger partial charge in [0.05, 0.1) is 22.4 Å². The van der Waals surface area contributed by atoms with Gasteiger partial charge >= 0.3 is 0 Å². The van der Waals surface area contributed by atoms with Gasteiger partial charge in [0.25, 0.3) is 0 Å². The van der Waals surface area contributed by atoms with Crippen LogP contribution in [-0.4, -0.2) is 15.7 Å². The van der Waals surface area contributed by atoms with Crippen LogP contribution in [0.25, 0.3) is 16.6 Å². The number of hydrogen-bond donors (Lipinski definition) is 0. The topological polar surface area (TPSA) is 38.1 Å². The molecule has 0 spiro atoms. The van der Waals surface area contributed by atoms with Crippen molar-refractivity contribution in [1.82, 2.24) is 9.97 Å². The molecule has 2 aromatic carbocycles. The number of aryl methyl sites for hydroxylation is 1. The van der Waals surface area contributed by atoms with E-state index in [1.165, 1.54) is 11.1 Å². The molecule has 0 fully saturated rings. The van der Waals surface area contributed by atoms with Crippen LogP contribution < -0.4 is 0 Å². The number of rotatable bonds is 2. The van der Waals surface area contributed by atoms with Gasteiger partial charge in [-0.3, -0.25) is 4.99 Å². The molecule has 4 rings (SSSR count). The number of allylic oxidation sites excluding steroid dienone is 1. The molecule has 0 N–H and O–H groups in total. The van der Waals surface area contributed by atoms with E-state index in [2.05, 4.69) is 34.2 Å². The standard InChI is InChI=1S/C19H15N3/c1-13-19(22-17-10-6-5-9-16(17)21-13)18-11-15(12-20-18)14-7-3-2-4-8-14/h2-10,12H,11H2,1H3. The summed E-state index contributed by atoms with van der Waals surface area (Å²) in [6.45, 7) is 2.00. The lowest BCUT2D eigenvalue weighted by Gasteiger charge is -2.07. The first-order valence-electron chi connectivity index (χ1n) is 7.36. The van der Waals surface area contributed by atoms with E-state index < -0.39 is 0 Å². The zero-order valence-electron chi connectivity index (χ0n) is 12.3. The quantitative estimate of drug-likeness (QED) is 0.708. The van der Waals surface area contributed by atoms with Crippen LogP contribution in [0, 0.1) is 6.92 Å². The van der Waals surface area contributed by atoms with Crippen molar-refractivity contribution in [3.8, 4) is 0 Å². The van der Waals surface area contributed by atoms with Gasteiger partial charge < -0.3 is 0 Å². The van der Waals surface area contributed by atoms with Crippen LogP contribution in [0.3, 0.4) is 0 Å². The maximum Gasteiger partial charge on any atom is 0.107 e. The fourth-order valence-corrected chi connectivity index (χ4v) is 2.76. The molecular weight excluding hydrogens is 270 g/mol. The highest BCUT2D eigenvalue weighted by atomic mass is 14.9. The SMILES string of the molecule is Cc1nc2ccccc2nc1C1=NC=C(c2ccccc2)C1. The van der Waals surface area contributed by atoms with Crippen molar-refractivity contribution in [1.29, 1.82) is 0 Å². The van der Waals surface area contributed by atoms with Gasteiger partial charge in [-0.2, -0.15) is 0 Å². The fourth-order valence-electron chi connectivity index (χ4n) is 2.76. The third-order valence-electron chi connectivity index (χ3n) is 3.90. The predicted molar refractivity (Wildman–Crippen MR) is 89.8 cm³/mol. The minimum atomic E-state index is 0.803. The molecule has 1 aliphatic heterocycles. The number of aliphatic imine (C=N–C) groups is 1. The summed E-state index contributed by atoms with van der Waals surface area (Å²) in [4.78, 5) is 14.0. The highest BCUT2D eigenvalue weighted by Crippen LogP contribution is 2.26. The Morgan fingerprint density at radius 3 is 2.27 bits per heavy atom. The van der Waals surface area contributed by atoms with Gasteiger partial charge in [0.1, 0.15) is 5.69 Å². The van der Waals surface area contributed by atoms with E-state index in [9.17, 15) is 0 Å². The summed E-state index contributed by atoms with van der Waals surface area (Å²) < 4.78 is 0. The Morgan fingerprint density at radius 1 is 0.818 bits per heavy atom. The van der Waals surface area contributed by atoms with Crippen molar-refractivity contribution >= 4 is 22.3 Å². The van der Waals surface area contributed by atoms with Crippen molar-refractivity contribution in [3.63, 3.8) is 0 Å². The minimum Gasteiger partial charge on any atom is -0.258 e. The van der Waals surface area contributed by atoms with Gasteiger partial charge in [0, 0.05) is 12.6 Å². The number of para-hydroxylation sites is 2. The van der Waals surface area contributed by atoms with Gasteiger partial charge in [-0.05, 0) is 30.2 Å². The molecule has 0 atom stereocenters. The molecular formula is C19H15N3. The monoisotopic (exact) mass is 285 g/mol. The Morgan fingerprint density at radius 2 is 1.50 bits per heavy atom. The number of benzene rings is 2. The Kier molecular flexibility index (Phi) is 3.04. The second-order valence-electron chi connectivity index (χ2n) is 5.42. The van der Waals surface area contributed by atoms with Gasteiger partial charge in [-0.25, -0.2) is 9.97 Å². The first-order valence-corrected chi connectivity index (χ1v) is 7.36. The van der Waals surface area contributed by atoms with E-state index in [4.69, 9.17) is 4.98 Å². The van der Waals surface area contributed by atoms with Crippen LogP contribution >= 0.6 is 0 Å². The summed E-state index contributed by atoms with van der Waals surface area (Å²) in [6.07, 6.45) is 2.75. The maximum atomic E-state index is 4.76. The third kappa shape index (κ3) is 2.21. The summed E-state index contributed by atoms with van der Waals surface area (Å²) >= 11 is 0. The lowest BCUT2D eigenvalue weighted by Crippen LogP contribution is -2.06. The van der Waals surface area contributed by atoms with E-state index in [-0.39, 0.29) is 0 Å². The van der Waals surface area contributed by atoms with Crippen molar-refractivity contribution in [2.24, 2.45) is 4.99 Å². The lowest BCUT2D eigenvalue weighted by molar-refractivity contribution is 1.15. The molecule has 22 heavy (non-hydrogen) atoms. The van der Waals surface area contributed by atoms with Crippen LogP contribution in [0.2, 0.25) is 0 Å². The molecule has 0 amide bonds. The summed E-state index contributed by atoms with van der Waals surface area (Å²) in [5, 5.41) is 0. The summed E-state index contributed by atoms with van der Waals surface area (Å²) in [5.41, 5.74) is 7.12.